The molecule has 2 aromatic rings. The van der Waals surface area contributed by atoms with Gasteiger partial charge in [-0.05, 0) is 30.2 Å². The van der Waals surface area contributed by atoms with Crippen molar-refractivity contribution >= 4 is 0 Å². The van der Waals surface area contributed by atoms with Gasteiger partial charge >= 0.3 is 0 Å². The normalized spacial score (nSPS) is 10.3. The first-order valence-electron chi connectivity index (χ1n) is 5.68. The lowest BCUT2D eigenvalue weighted by Crippen LogP contribution is -2.19. The van der Waals surface area contributed by atoms with E-state index >= 15 is 0 Å². The summed E-state index contributed by atoms with van der Waals surface area (Å²) < 4.78 is 19.4. The van der Waals surface area contributed by atoms with E-state index in [2.05, 4.69) is 0 Å². The monoisotopic (exact) mass is 247 g/mol. The molecule has 0 fully saturated rings. The molecule has 1 aromatic heterocycles. The zero-order valence-electron chi connectivity index (χ0n) is 10.1. The highest BCUT2D eigenvalue weighted by Gasteiger charge is 1.99. The summed E-state index contributed by atoms with van der Waals surface area (Å²) in [7, 11) is 1.61. The van der Waals surface area contributed by atoms with E-state index in [0.29, 0.717) is 13.0 Å². The minimum atomic E-state index is -0.399. The van der Waals surface area contributed by atoms with E-state index < -0.39 is 5.82 Å². The van der Waals surface area contributed by atoms with Gasteiger partial charge in [0.2, 0.25) is 0 Å². The smallest absolute Gasteiger partial charge is 0.250 e. The van der Waals surface area contributed by atoms with Crippen molar-refractivity contribution in [3.05, 3.63) is 64.3 Å². The molecule has 0 N–H and O–H groups in total. The zero-order chi connectivity index (χ0) is 13.0. The molecule has 0 bridgehead atoms. The van der Waals surface area contributed by atoms with E-state index in [1.807, 2.05) is 24.3 Å². The zero-order valence-corrected chi connectivity index (χ0v) is 10.1. The molecule has 1 heterocycles. The summed E-state index contributed by atoms with van der Waals surface area (Å²) >= 11 is 0. The number of methoxy groups -OCH3 is 1. The van der Waals surface area contributed by atoms with Crippen molar-refractivity contribution in [1.82, 2.24) is 4.57 Å². The second-order valence-electron chi connectivity index (χ2n) is 3.98. The van der Waals surface area contributed by atoms with Gasteiger partial charge < -0.3 is 9.30 Å². The highest BCUT2D eigenvalue weighted by molar-refractivity contribution is 5.27. The lowest BCUT2D eigenvalue weighted by atomic mass is 10.1. The van der Waals surface area contributed by atoms with Gasteiger partial charge in [-0.2, -0.15) is 0 Å². The molecule has 4 heteroatoms. The van der Waals surface area contributed by atoms with Crippen LogP contribution in [0.25, 0.3) is 0 Å². The van der Waals surface area contributed by atoms with Crippen LogP contribution in [0.2, 0.25) is 0 Å². The molecule has 0 amide bonds. The van der Waals surface area contributed by atoms with Crippen molar-refractivity contribution in [3.63, 3.8) is 0 Å². The SMILES string of the molecule is COc1ccc(CCn2cc(F)ccc2=O)cc1. The first-order valence-corrected chi connectivity index (χ1v) is 5.68. The lowest BCUT2D eigenvalue weighted by molar-refractivity contribution is 0.414. The third kappa shape index (κ3) is 2.97. The van der Waals surface area contributed by atoms with Gasteiger partial charge in [0.15, 0.2) is 0 Å². The Kier molecular flexibility index (Phi) is 3.77. The molecule has 2 rings (SSSR count). The Morgan fingerprint density at radius 1 is 1.17 bits per heavy atom. The van der Waals surface area contributed by atoms with Crippen molar-refractivity contribution in [2.45, 2.75) is 13.0 Å². The minimum Gasteiger partial charge on any atom is -0.497 e. The van der Waals surface area contributed by atoms with Crippen molar-refractivity contribution in [2.24, 2.45) is 0 Å². The molecule has 94 valence electrons. The molecule has 0 unspecified atom stereocenters. The number of halogens is 1. The average molecular weight is 247 g/mol. The van der Waals surface area contributed by atoms with Crippen molar-refractivity contribution < 1.29 is 9.13 Å². The Hall–Kier alpha value is -2.10. The summed E-state index contributed by atoms with van der Waals surface area (Å²) in [6.07, 6.45) is 1.90. The fourth-order valence-electron chi connectivity index (χ4n) is 1.72. The summed E-state index contributed by atoms with van der Waals surface area (Å²) in [6, 6.07) is 10.0. The molecule has 3 nitrogen and oxygen atoms in total. The number of nitrogens with zero attached hydrogens (tertiary/aromatic N) is 1. The second kappa shape index (κ2) is 5.49. The molecule has 0 aliphatic heterocycles. The van der Waals surface area contributed by atoms with E-state index in [0.717, 1.165) is 11.3 Å². The number of ether oxygens (including phenoxy) is 1. The van der Waals surface area contributed by atoms with Gasteiger partial charge in [-0.15, -0.1) is 0 Å². The Labute approximate surface area is 104 Å². The summed E-state index contributed by atoms with van der Waals surface area (Å²) in [6.45, 7) is 0.461. The van der Waals surface area contributed by atoms with E-state index in [1.54, 1.807) is 7.11 Å². The van der Waals surface area contributed by atoms with Gasteiger partial charge in [0, 0.05) is 18.8 Å². The first kappa shape index (κ1) is 12.4. The topological polar surface area (TPSA) is 31.2 Å². The van der Waals surface area contributed by atoms with E-state index in [1.165, 1.54) is 22.9 Å². The molecular weight excluding hydrogens is 233 g/mol. The van der Waals surface area contributed by atoms with Crippen LogP contribution in [0.5, 0.6) is 5.75 Å². The fraction of sp³-hybridized carbons (Fsp3) is 0.214. The molecule has 18 heavy (non-hydrogen) atoms. The number of aryl methyl sites for hydroxylation is 2. The summed E-state index contributed by atoms with van der Waals surface area (Å²) in [5.74, 6) is 0.394. The largest absolute Gasteiger partial charge is 0.497 e. The third-order valence-electron chi connectivity index (χ3n) is 2.75. The molecule has 1 aromatic carbocycles. The maximum Gasteiger partial charge on any atom is 0.250 e. The molecule has 0 saturated carbocycles. The maximum atomic E-state index is 13.0. The van der Waals surface area contributed by atoms with Crippen LogP contribution in [-0.2, 0) is 13.0 Å². The highest BCUT2D eigenvalue weighted by atomic mass is 19.1. The number of rotatable bonds is 4. The predicted molar refractivity (Wildman–Crippen MR) is 67.4 cm³/mol. The second-order valence-corrected chi connectivity index (χ2v) is 3.98. The first-order chi connectivity index (χ1) is 8.69. The number of pyridine rings is 1. The van der Waals surface area contributed by atoms with Crippen LogP contribution < -0.4 is 10.3 Å². The number of benzene rings is 1. The Morgan fingerprint density at radius 2 is 1.89 bits per heavy atom. The summed E-state index contributed by atoms with van der Waals surface area (Å²) in [5, 5.41) is 0. The number of hydrogen-bond acceptors (Lipinski definition) is 2. The van der Waals surface area contributed by atoms with Crippen LogP contribution in [0.15, 0.2) is 47.4 Å². The van der Waals surface area contributed by atoms with Crippen LogP contribution in [0.3, 0.4) is 0 Å². The van der Waals surface area contributed by atoms with Gasteiger partial charge in [-0.1, -0.05) is 12.1 Å². The molecule has 0 spiro atoms. The van der Waals surface area contributed by atoms with Gasteiger partial charge in [0.05, 0.1) is 7.11 Å². The van der Waals surface area contributed by atoms with Crippen LogP contribution in [0.1, 0.15) is 5.56 Å². The van der Waals surface area contributed by atoms with Crippen LogP contribution in [0.4, 0.5) is 4.39 Å². The standard InChI is InChI=1S/C14H14FNO2/c1-18-13-5-2-11(3-6-13)8-9-16-10-12(15)4-7-14(16)17/h2-7,10H,8-9H2,1H3. The van der Waals surface area contributed by atoms with Crippen LogP contribution in [-0.4, -0.2) is 11.7 Å². The Balaban J connectivity index is 2.06. The van der Waals surface area contributed by atoms with Crippen molar-refractivity contribution in [3.8, 4) is 5.75 Å². The van der Waals surface area contributed by atoms with Gasteiger partial charge in [-0.25, -0.2) is 4.39 Å². The Bertz CT molecular complexity index is 575. The maximum absolute atomic E-state index is 13.0. The van der Waals surface area contributed by atoms with E-state index in [4.69, 9.17) is 4.74 Å². The number of aromatic nitrogens is 1. The van der Waals surface area contributed by atoms with E-state index in [-0.39, 0.29) is 5.56 Å². The lowest BCUT2D eigenvalue weighted by Gasteiger charge is -2.06. The molecule has 0 saturated heterocycles. The predicted octanol–water partition coefficient (Wildman–Crippen LogP) is 2.24. The quantitative estimate of drug-likeness (QED) is 0.829. The van der Waals surface area contributed by atoms with Gasteiger partial charge in [0.1, 0.15) is 11.6 Å². The minimum absolute atomic E-state index is 0.190. The third-order valence-corrected chi connectivity index (χ3v) is 2.75. The van der Waals surface area contributed by atoms with Crippen LogP contribution in [0, 0.1) is 5.82 Å². The van der Waals surface area contributed by atoms with Gasteiger partial charge in [0.25, 0.3) is 5.56 Å². The average Bonchev–Trinajstić information content (AvgIpc) is 2.40. The molecule has 0 aliphatic rings. The van der Waals surface area contributed by atoms with E-state index in [9.17, 15) is 9.18 Å². The molecule has 0 atom stereocenters. The van der Waals surface area contributed by atoms with Crippen LogP contribution >= 0.6 is 0 Å². The Morgan fingerprint density at radius 3 is 2.56 bits per heavy atom. The highest BCUT2D eigenvalue weighted by Crippen LogP contribution is 2.11. The van der Waals surface area contributed by atoms with Crippen molar-refractivity contribution in [2.75, 3.05) is 7.11 Å². The molecular formula is C14H14FNO2. The summed E-state index contributed by atoms with van der Waals surface area (Å²) in [4.78, 5) is 11.5. The van der Waals surface area contributed by atoms with Crippen molar-refractivity contribution in [1.29, 1.82) is 0 Å². The fourth-order valence-corrected chi connectivity index (χ4v) is 1.72. The molecule has 0 aliphatic carbocycles. The number of hydrogen-bond donors (Lipinski definition) is 0. The molecule has 0 radical (unpaired) electrons. The van der Waals surface area contributed by atoms with Gasteiger partial charge in [-0.3, -0.25) is 4.79 Å². The summed E-state index contributed by atoms with van der Waals surface area (Å²) in [5.41, 5.74) is 0.886.